The minimum atomic E-state index is -0.529. The van der Waals surface area contributed by atoms with Gasteiger partial charge in [-0.3, -0.25) is 4.79 Å². The fourth-order valence-corrected chi connectivity index (χ4v) is 6.43. The molecule has 44 heavy (non-hydrogen) atoms. The Kier molecular flexibility index (Phi) is 8.46. The molecule has 4 aromatic rings. The number of aryl methyl sites for hydroxylation is 2. The molecule has 0 radical (unpaired) electrons. The third-order valence-electron chi connectivity index (χ3n) is 8.39. The van der Waals surface area contributed by atoms with Crippen molar-refractivity contribution in [3.63, 3.8) is 0 Å². The van der Waals surface area contributed by atoms with Gasteiger partial charge in [0.15, 0.2) is 0 Å². The number of hydrogen-bond donors (Lipinski definition) is 0. The Morgan fingerprint density at radius 3 is 2.41 bits per heavy atom. The maximum atomic E-state index is 14.5. The maximum Gasteiger partial charge on any atom is 0.339 e. The van der Waals surface area contributed by atoms with Gasteiger partial charge in [0.1, 0.15) is 23.0 Å². The number of piperazine rings is 1. The molecule has 1 aromatic carbocycles. The Bertz CT molecular complexity index is 1760. The van der Waals surface area contributed by atoms with Gasteiger partial charge in [-0.1, -0.05) is 31.5 Å². The zero-order valence-corrected chi connectivity index (χ0v) is 27.3. The monoisotopic (exact) mass is 619 g/mol. The molecule has 0 unspecified atom stereocenters. The van der Waals surface area contributed by atoms with Gasteiger partial charge in [0.25, 0.3) is 5.91 Å². The lowest BCUT2D eigenvalue weighted by molar-refractivity contribution is 0.0506. The van der Waals surface area contributed by atoms with Crippen molar-refractivity contribution >= 4 is 40.3 Å². The normalized spacial score (nSPS) is 14.9. The van der Waals surface area contributed by atoms with E-state index in [0.29, 0.717) is 60.3 Å². The summed E-state index contributed by atoms with van der Waals surface area (Å²) in [5.74, 6) is 0.0677. The van der Waals surface area contributed by atoms with E-state index < -0.39 is 17.3 Å². The molecular formula is C34H39ClFN5O3. The topological polar surface area (TPSA) is 80.6 Å². The first-order valence-electron chi connectivity index (χ1n) is 14.8. The molecule has 1 aliphatic rings. The van der Waals surface area contributed by atoms with E-state index in [-0.39, 0.29) is 10.9 Å². The van der Waals surface area contributed by atoms with Crippen LogP contribution in [0.2, 0.25) is 5.02 Å². The van der Waals surface area contributed by atoms with E-state index >= 15 is 0 Å². The summed E-state index contributed by atoms with van der Waals surface area (Å²) in [6.07, 6.45) is 0. The van der Waals surface area contributed by atoms with E-state index in [1.807, 2.05) is 50.8 Å². The Morgan fingerprint density at radius 2 is 1.80 bits per heavy atom. The minimum Gasteiger partial charge on any atom is -0.465 e. The van der Waals surface area contributed by atoms with Crippen LogP contribution < -0.4 is 4.90 Å². The second-order valence-electron chi connectivity index (χ2n) is 12.6. The number of ether oxygens (including phenoxy) is 1. The number of hydrogen-bond acceptors (Lipinski definition) is 6. The number of amides is 1. The Morgan fingerprint density at radius 1 is 1.07 bits per heavy atom. The summed E-state index contributed by atoms with van der Waals surface area (Å²) < 4.78 is 21.5. The number of pyridine rings is 2. The largest absolute Gasteiger partial charge is 0.465 e. The van der Waals surface area contributed by atoms with E-state index in [0.717, 1.165) is 28.0 Å². The lowest BCUT2D eigenvalue weighted by Crippen LogP contribution is -2.61. The van der Waals surface area contributed by atoms with Crippen LogP contribution in [0.4, 0.5) is 10.2 Å². The molecule has 0 saturated carbocycles. The molecule has 5 rings (SSSR count). The van der Waals surface area contributed by atoms with Gasteiger partial charge in [0.05, 0.1) is 28.9 Å². The molecule has 4 heterocycles. The number of fused-ring (bicyclic) bond motifs is 1. The van der Waals surface area contributed by atoms with E-state index in [4.69, 9.17) is 26.3 Å². The van der Waals surface area contributed by atoms with Crippen molar-refractivity contribution < 1.29 is 18.7 Å². The molecule has 10 heteroatoms. The molecule has 1 amide bonds. The summed E-state index contributed by atoms with van der Waals surface area (Å²) in [5, 5.41) is 0.933. The number of rotatable bonds is 6. The standard InChI is InChI=1S/C34H39ClFN5O3/c1-19(2)17-40-22(5)30(23-9-11-25(35)26(36)16-23)24-10-12-27(38-31(24)40)32(42)41-14-13-39(18-34(41,6)7)28-15-20(3)29(21(4)37-28)33(43)44-8/h9-12,15-16,19H,13-14,17-18H2,1-8H3. The number of carbonyl (C=O) groups is 2. The molecule has 232 valence electrons. The quantitative estimate of drug-likeness (QED) is 0.216. The molecule has 1 aliphatic heterocycles. The summed E-state index contributed by atoms with van der Waals surface area (Å²) >= 11 is 5.98. The average molecular weight is 620 g/mol. The van der Waals surface area contributed by atoms with E-state index in [1.165, 1.54) is 13.2 Å². The van der Waals surface area contributed by atoms with Crippen LogP contribution in [-0.2, 0) is 11.3 Å². The predicted octanol–water partition coefficient (Wildman–Crippen LogP) is 7.00. The van der Waals surface area contributed by atoms with Crippen LogP contribution >= 0.6 is 11.6 Å². The first-order valence-corrected chi connectivity index (χ1v) is 15.2. The van der Waals surface area contributed by atoms with E-state index in [1.54, 1.807) is 19.1 Å². The Labute approximate surface area is 262 Å². The molecule has 0 bridgehead atoms. The number of anilines is 1. The van der Waals surface area contributed by atoms with Gasteiger partial charge >= 0.3 is 5.97 Å². The summed E-state index contributed by atoms with van der Waals surface area (Å²) in [6, 6.07) is 10.4. The van der Waals surface area contributed by atoms with E-state index in [2.05, 4.69) is 23.3 Å². The molecule has 8 nitrogen and oxygen atoms in total. The van der Waals surface area contributed by atoms with Crippen LogP contribution in [0, 0.1) is 32.5 Å². The molecule has 0 atom stereocenters. The van der Waals surface area contributed by atoms with Crippen LogP contribution in [0.15, 0.2) is 36.4 Å². The van der Waals surface area contributed by atoms with Crippen LogP contribution in [-0.4, -0.2) is 63.6 Å². The van der Waals surface area contributed by atoms with Gasteiger partial charge in [-0.05, 0) is 82.0 Å². The SMILES string of the molecule is COC(=O)c1c(C)cc(N2CCN(C(=O)c3ccc4c(-c5ccc(Cl)c(F)c5)c(C)n(CC(C)C)c4n3)C(C)(C)C2)nc1C. The molecule has 0 N–H and O–H groups in total. The summed E-state index contributed by atoms with van der Waals surface area (Å²) in [5.41, 5.74) is 4.98. The van der Waals surface area contributed by atoms with Crippen LogP contribution in [0.1, 0.15) is 65.5 Å². The number of methoxy groups -OCH3 is 1. The molecule has 0 aliphatic carbocycles. The lowest BCUT2D eigenvalue weighted by Gasteiger charge is -2.47. The number of esters is 1. The Hall–Kier alpha value is -3.98. The number of aromatic nitrogens is 3. The second kappa shape index (κ2) is 11.8. The maximum absolute atomic E-state index is 14.5. The third kappa shape index (κ3) is 5.65. The van der Waals surface area contributed by atoms with E-state index in [9.17, 15) is 14.0 Å². The van der Waals surface area contributed by atoms with Crippen LogP contribution in [0.3, 0.4) is 0 Å². The summed E-state index contributed by atoms with van der Waals surface area (Å²) in [4.78, 5) is 39.9. The first kappa shape index (κ1) is 31.4. The Balaban J connectivity index is 1.47. The van der Waals surface area contributed by atoms with Crippen molar-refractivity contribution in [2.45, 2.75) is 60.5 Å². The van der Waals surface area contributed by atoms with Gasteiger partial charge in [-0.25, -0.2) is 19.2 Å². The third-order valence-corrected chi connectivity index (χ3v) is 8.69. The number of halogens is 2. The predicted molar refractivity (Wildman–Crippen MR) is 172 cm³/mol. The highest BCUT2D eigenvalue weighted by molar-refractivity contribution is 6.30. The highest BCUT2D eigenvalue weighted by atomic mass is 35.5. The zero-order chi connectivity index (χ0) is 32.1. The zero-order valence-electron chi connectivity index (χ0n) is 26.6. The van der Waals surface area contributed by atoms with Crippen LogP contribution in [0.5, 0.6) is 0 Å². The van der Waals surface area contributed by atoms with Crippen molar-refractivity contribution in [1.82, 2.24) is 19.4 Å². The highest BCUT2D eigenvalue weighted by Gasteiger charge is 2.38. The van der Waals surface area contributed by atoms with Gasteiger partial charge in [0.2, 0.25) is 0 Å². The second-order valence-corrected chi connectivity index (χ2v) is 13.0. The smallest absolute Gasteiger partial charge is 0.339 e. The van der Waals surface area contributed by atoms with Gasteiger partial charge in [-0.15, -0.1) is 0 Å². The van der Waals surface area contributed by atoms with Gasteiger partial charge in [-0.2, -0.15) is 0 Å². The number of benzene rings is 1. The van der Waals surface area contributed by atoms with Gasteiger partial charge in [0, 0.05) is 42.8 Å². The minimum absolute atomic E-state index is 0.0744. The van der Waals surface area contributed by atoms with Crippen LogP contribution in [0.25, 0.3) is 22.2 Å². The fraction of sp³-hybridized carbons (Fsp3) is 0.412. The number of carbonyl (C=O) groups excluding carboxylic acids is 2. The lowest BCUT2D eigenvalue weighted by atomic mass is 9.97. The van der Waals surface area contributed by atoms with Crippen molar-refractivity contribution in [3.05, 3.63) is 75.4 Å². The van der Waals surface area contributed by atoms with Crippen molar-refractivity contribution in [1.29, 1.82) is 0 Å². The summed E-state index contributed by atoms with van der Waals surface area (Å²) in [6.45, 7) is 16.3. The molecule has 1 saturated heterocycles. The van der Waals surface area contributed by atoms with Gasteiger partial charge < -0.3 is 19.1 Å². The fourth-order valence-electron chi connectivity index (χ4n) is 6.31. The average Bonchev–Trinajstić information content (AvgIpc) is 3.22. The molecule has 0 spiro atoms. The number of nitrogens with zero attached hydrogens (tertiary/aromatic N) is 5. The first-order chi connectivity index (χ1) is 20.7. The molecule has 1 fully saturated rings. The molecular weight excluding hydrogens is 581 g/mol. The van der Waals surface area contributed by atoms with Crippen molar-refractivity contribution in [2.75, 3.05) is 31.6 Å². The molecule has 3 aromatic heterocycles. The summed E-state index contributed by atoms with van der Waals surface area (Å²) in [7, 11) is 1.36. The highest BCUT2D eigenvalue weighted by Crippen LogP contribution is 2.36. The van der Waals surface area contributed by atoms with Crippen molar-refractivity contribution in [2.24, 2.45) is 5.92 Å². The van der Waals surface area contributed by atoms with Crippen molar-refractivity contribution in [3.8, 4) is 11.1 Å².